The molecule has 3 heteroatoms. The van der Waals surface area contributed by atoms with Crippen LogP contribution in [0.15, 0.2) is 27.1 Å². The van der Waals surface area contributed by atoms with Crippen LogP contribution in [-0.4, -0.2) is 14.1 Å². The van der Waals surface area contributed by atoms with Crippen LogP contribution in [0.2, 0.25) is 0 Å². The van der Waals surface area contributed by atoms with E-state index in [1.807, 2.05) is 37.2 Å². The molecule has 0 spiro atoms. The van der Waals surface area contributed by atoms with E-state index in [2.05, 4.69) is 22.9 Å². The molecule has 1 heterocycles. The number of furan rings is 1. The number of rotatable bonds is 1. The predicted molar refractivity (Wildman–Crippen MR) is 63.0 cm³/mol. The van der Waals surface area contributed by atoms with Crippen molar-refractivity contribution in [1.29, 1.82) is 0 Å². The number of benzene rings is 1. The molecule has 2 nitrogen and oxygen atoms in total. The van der Waals surface area contributed by atoms with Crippen molar-refractivity contribution < 1.29 is 4.42 Å². The molecule has 0 saturated heterocycles. The first-order valence-electron chi connectivity index (χ1n) is 4.46. The van der Waals surface area contributed by atoms with Gasteiger partial charge in [-0.15, -0.1) is 0 Å². The van der Waals surface area contributed by atoms with E-state index in [4.69, 9.17) is 4.42 Å². The standard InChI is InChI=1S/C11H12BrNO/c1-7-10-8(12)5-4-6-9(10)14-11(7)13(2)3/h4-6H,1-3H3. The maximum atomic E-state index is 5.74. The summed E-state index contributed by atoms with van der Waals surface area (Å²) in [5, 5.41) is 1.16. The lowest BCUT2D eigenvalue weighted by atomic mass is 10.2. The predicted octanol–water partition coefficient (Wildman–Crippen LogP) is 3.57. The zero-order valence-electron chi connectivity index (χ0n) is 8.47. The summed E-state index contributed by atoms with van der Waals surface area (Å²) in [4.78, 5) is 1.99. The minimum atomic E-state index is 0.923. The molecule has 0 bridgehead atoms. The number of fused-ring (bicyclic) bond motifs is 1. The zero-order chi connectivity index (χ0) is 10.3. The number of anilines is 1. The van der Waals surface area contributed by atoms with Gasteiger partial charge in [0.2, 0.25) is 0 Å². The van der Waals surface area contributed by atoms with Gasteiger partial charge < -0.3 is 9.32 Å². The molecule has 0 N–H and O–H groups in total. The molecule has 0 amide bonds. The molecule has 74 valence electrons. The second kappa shape index (κ2) is 3.31. The van der Waals surface area contributed by atoms with Gasteiger partial charge in [0.05, 0.1) is 0 Å². The van der Waals surface area contributed by atoms with Gasteiger partial charge in [0, 0.05) is 29.5 Å². The Bertz CT molecular complexity index is 473. The Hall–Kier alpha value is -0.960. The van der Waals surface area contributed by atoms with Gasteiger partial charge in [0.15, 0.2) is 5.88 Å². The van der Waals surface area contributed by atoms with E-state index in [9.17, 15) is 0 Å². The molecule has 0 radical (unpaired) electrons. The summed E-state index contributed by atoms with van der Waals surface area (Å²) in [6, 6.07) is 6.00. The summed E-state index contributed by atoms with van der Waals surface area (Å²) < 4.78 is 6.82. The first-order chi connectivity index (χ1) is 6.61. The Balaban J connectivity index is 2.81. The van der Waals surface area contributed by atoms with E-state index in [-0.39, 0.29) is 0 Å². The third kappa shape index (κ3) is 1.32. The van der Waals surface area contributed by atoms with Gasteiger partial charge in [-0.3, -0.25) is 0 Å². The van der Waals surface area contributed by atoms with Crippen LogP contribution in [0.3, 0.4) is 0 Å². The summed E-state index contributed by atoms with van der Waals surface area (Å²) in [5.41, 5.74) is 2.11. The van der Waals surface area contributed by atoms with Crippen molar-refractivity contribution in [2.24, 2.45) is 0 Å². The molecule has 1 aromatic carbocycles. The molecule has 1 aromatic heterocycles. The third-order valence-electron chi connectivity index (χ3n) is 2.28. The Morgan fingerprint density at radius 1 is 1.29 bits per heavy atom. The Morgan fingerprint density at radius 3 is 2.57 bits per heavy atom. The van der Waals surface area contributed by atoms with Crippen molar-refractivity contribution in [3.8, 4) is 0 Å². The number of aryl methyl sites for hydroxylation is 1. The molecular weight excluding hydrogens is 242 g/mol. The van der Waals surface area contributed by atoms with E-state index in [0.29, 0.717) is 0 Å². The fourth-order valence-electron chi connectivity index (χ4n) is 1.67. The number of nitrogens with zero attached hydrogens (tertiary/aromatic N) is 1. The summed E-state index contributed by atoms with van der Waals surface area (Å²) in [5.74, 6) is 0.923. The summed E-state index contributed by atoms with van der Waals surface area (Å²) >= 11 is 3.53. The van der Waals surface area contributed by atoms with E-state index < -0.39 is 0 Å². The van der Waals surface area contributed by atoms with Crippen molar-refractivity contribution in [1.82, 2.24) is 0 Å². The highest BCUT2D eigenvalue weighted by Crippen LogP contribution is 2.35. The van der Waals surface area contributed by atoms with Crippen LogP contribution in [0.5, 0.6) is 0 Å². The summed E-state index contributed by atoms with van der Waals surface area (Å²) in [6.45, 7) is 2.08. The molecule has 0 aliphatic heterocycles. The quantitative estimate of drug-likeness (QED) is 0.773. The first-order valence-corrected chi connectivity index (χ1v) is 5.25. The summed E-state index contributed by atoms with van der Waals surface area (Å²) in [7, 11) is 3.97. The lowest BCUT2D eigenvalue weighted by molar-refractivity contribution is 0.607. The van der Waals surface area contributed by atoms with Crippen molar-refractivity contribution in [3.05, 3.63) is 28.2 Å². The monoisotopic (exact) mass is 253 g/mol. The Morgan fingerprint density at radius 2 is 2.00 bits per heavy atom. The molecule has 2 aromatic rings. The molecule has 0 aliphatic carbocycles. The van der Waals surface area contributed by atoms with Gasteiger partial charge >= 0.3 is 0 Å². The second-order valence-electron chi connectivity index (χ2n) is 3.54. The molecule has 0 aliphatic rings. The highest BCUT2D eigenvalue weighted by molar-refractivity contribution is 9.10. The summed E-state index contributed by atoms with van der Waals surface area (Å²) in [6.07, 6.45) is 0. The van der Waals surface area contributed by atoms with Gasteiger partial charge in [-0.25, -0.2) is 0 Å². The average molecular weight is 254 g/mol. The Labute approximate surface area is 91.6 Å². The average Bonchev–Trinajstić information content (AvgIpc) is 2.45. The van der Waals surface area contributed by atoms with Crippen LogP contribution < -0.4 is 4.90 Å². The van der Waals surface area contributed by atoms with Crippen LogP contribution in [0.1, 0.15) is 5.56 Å². The van der Waals surface area contributed by atoms with Gasteiger partial charge in [-0.1, -0.05) is 22.0 Å². The van der Waals surface area contributed by atoms with Gasteiger partial charge in [-0.2, -0.15) is 0 Å². The maximum absolute atomic E-state index is 5.74. The van der Waals surface area contributed by atoms with Crippen molar-refractivity contribution in [2.75, 3.05) is 19.0 Å². The SMILES string of the molecule is Cc1c(N(C)C)oc2cccc(Br)c12. The van der Waals surface area contributed by atoms with Crippen molar-refractivity contribution >= 4 is 32.8 Å². The van der Waals surface area contributed by atoms with E-state index in [1.54, 1.807) is 0 Å². The van der Waals surface area contributed by atoms with Crippen LogP contribution in [-0.2, 0) is 0 Å². The Kier molecular flexibility index (Phi) is 2.27. The van der Waals surface area contributed by atoms with Crippen molar-refractivity contribution in [3.63, 3.8) is 0 Å². The van der Waals surface area contributed by atoms with Gasteiger partial charge in [0.25, 0.3) is 0 Å². The van der Waals surface area contributed by atoms with Crippen LogP contribution >= 0.6 is 15.9 Å². The van der Waals surface area contributed by atoms with E-state index >= 15 is 0 Å². The molecule has 0 fully saturated rings. The first kappa shape index (κ1) is 9.59. The highest BCUT2D eigenvalue weighted by Gasteiger charge is 2.13. The molecule has 2 rings (SSSR count). The van der Waals surface area contributed by atoms with Crippen LogP contribution in [0, 0.1) is 6.92 Å². The molecule has 0 saturated carbocycles. The molecule has 0 atom stereocenters. The lowest BCUT2D eigenvalue weighted by Crippen LogP contribution is -2.08. The van der Waals surface area contributed by atoms with Crippen LogP contribution in [0.25, 0.3) is 11.0 Å². The van der Waals surface area contributed by atoms with E-state index in [0.717, 1.165) is 21.3 Å². The molecule has 0 unspecified atom stereocenters. The molecular formula is C11H12BrNO. The van der Waals surface area contributed by atoms with Gasteiger partial charge in [-0.05, 0) is 19.1 Å². The van der Waals surface area contributed by atoms with Gasteiger partial charge in [0.1, 0.15) is 5.58 Å². The number of halogens is 1. The minimum absolute atomic E-state index is 0.923. The lowest BCUT2D eigenvalue weighted by Gasteiger charge is -2.08. The normalized spacial score (nSPS) is 10.9. The smallest absolute Gasteiger partial charge is 0.199 e. The van der Waals surface area contributed by atoms with Crippen molar-refractivity contribution in [2.45, 2.75) is 6.92 Å². The second-order valence-corrected chi connectivity index (χ2v) is 4.39. The minimum Gasteiger partial charge on any atom is -0.440 e. The molecule has 14 heavy (non-hydrogen) atoms. The van der Waals surface area contributed by atoms with E-state index in [1.165, 1.54) is 5.56 Å². The topological polar surface area (TPSA) is 16.4 Å². The zero-order valence-corrected chi connectivity index (χ0v) is 10.1. The third-order valence-corrected chi connectivity index (χ3v) is 2.94. The number of hydrogen-bond acceptors (Lipinski definition) is 2. The number of hydrogen-bond donors (Lipinski definition) is 0. The fraction of sp³-hybridized carbons (Fsp3) is 0.273. The maximum Gasteiger partial charge on any atom is 0.199 e. The largest absolute Gasteiger partial charge is 0.440 e. The van der Waals surface area contributed by atoms with Crippen LogP contribution in [0.4, 0.5) is 5.88 Å². The highest BCUT2D eigenvalue weighted by atomic mass is 79.9. The fourth-order valence-corrected chi connectivity index (χ4v) is 2.31.